The first-order valence-corrected chi connectivity index (χ1v) is 4.61. The molecule has 0 aromatic carbocycles. The summed E-state index contributed by atoms with van der Waals surface area (Å²) in [4.78, 5) is 2.95. The molecule has 3 nitrogen and oxygen atoms in total. The molecule has 0 unspecified atom stereocenters. The van der Waals surface area contributed by atoms with Gasteiger partial charge in [0.2, 0.25) is 0 Å². The van der Waals surface area contributed by atoms with Crippen LogP contribution in [0.15, 0.2) is 12.3 Å². The van der Waals surface area contributed by atoms with E-state index < -0.39 is 42.3 Å². The van der Waals surface area contributed by atoms with E-state index in [2.05, 4.69) is 9.72 Å². The van der Waals surface area contributed by atoms with Crippen LogP contribution in [0, 0.1) is 5.82 Å². The Hall–Kier alpha value is -1.58. The molecule has 1 aromatic heterocycles. The van der Waals surface area contributed by atoms with E-state index in [-0.39, 0.29) is 0 Å². The van der Waals surface area contributed by atoms with Gasteiger partial charge in [-0.1, -0.05) is 0 Å². The predicted molar refractivity (Wildman–Crippen MR) is 46.6 cm³/mol. The van der Waals surface area contributed by atoms with Crippen LogP contribution in [-0.2, 0) is 6.61 Å². The van der Waals surface area contributed by atoms with Gasteiger partial charge < -0.3 is 9.84 Å². The second-order valence-corrected chi connectivity index (χ2v) is 3.33. The molecule has 108 valence electrons. The third-order valence-corrected chi connectivity index (χ3v) is 1.93. The van der Waals surface area contributed by atoms with Gasteiger partial charge in [0.1, 0.15) is 0 Å². The van der Waals surface area contributed by atoms with Crippen molar-refractivity contribution in [1.29, 1.82) is 0 Å². The number of halogens is 7. The minimum absolute atomic E-state index is 0.534. The number of aromatic nitrogens is 1. The summed E-state index contributed by atoms with van der Waals surface area (Å²) in [5.74, 6) is -3.06. The molecule has 1 aromatic rings. The number of alkyl halides is 6. The van der Waals surface area contributed by atoms with E-state index in [1.807, 2.05) is 0 Å². The molecule has 0 radical (unpaired) electrons. The van der Waals surface area contributed by atoms with E-state index >= 15 is 0 Å². The zero-order valence-electron chi connectivity index (χ0n) is 8.89. The second-order valence-electron chi connectivity index (χ2n) is 3.33. The van der Waals surface area contributed by atoms with Gasteiger partial charge in [-0.25, -0.2) is 9.37 Å². The summed E-state index contributed by atoms with van der Waals surface area (Å²) in [6, 6.07) is 0.887. The first kappa shape index (κ1) is 15.5. The summed E-state index contributed by atoms with van der Waals surface area (Å²) in [6.45, 7) is -0.923. The lowest BCUT2D eigenvalue weighted by molar-refractivity contribution is -0.300. The fourth-order valence-corrected chi connectivity index (χ4v) is 1.10. The van der Waals surface area contributed by atoms with Crippen molar-refractivity contribution in [3.05, 3.63) is 23.6 Å². The van der Waals surface area contributed by atoms with Gasteiger partial charge in [-0.15, -0.1) is 0 Å². The number of aliphatic hydroxyl groups is 1. The molecule has 10 heteroatoms. The van der Waals surface area contributed by atoms with Crippen LogP contribution in [-0.4, -0.2) is 28.5 Å². The monoisotopic (exact) mass is 293 g/mol. The molecule has 0 aliphatic carbocycles. The Morgan fingerprint density at radius 3 is 2.11 bits per heavy atom. The van der Waals surface area contributed by atoms with Gasteiger partial charge in [0.25, 0.3) is 12.0 Å². The molecule has 0 saturated carbocycles. The van der Waals surface area contributed by atoms with E-state index in [0.717, 1.165) is 6.07 Å². The summed E-state index contributed by atoms with van der Waals surface area (Å²) in [5.41, 5.74) is -0.534. The van der Waals surface area contributed by atoms with Gasteiger partial charge in [-0.05, 0) is 6.07 Å². The summed E-state index contributed by atoms with van der Waals surface area (Å²) < 4.78 is 89.9. The summed E-state index contributed by atoms with van der Waals surface area (Å²) in [7, 11) is 0. The molecule has 1 heterocycles. The van der Waals surface area contributed by atoms with Crippen molar-refractivity contribution in [3.8, 4) is 5.88 Å². The molecule has 0 fully saturated rings. The van der Waals surface area contributed by atoms with Crippen molar-refractivity contribution >= 4 is 0 Å². The van der Waals surface area contributed by atoms with Gasteiger partial charge >= 0.3 is 12.4 Å². The van der Waals surface area contributed by atoms with Crippen LogP contribution in [0.2, 0.25) is 0 Å². The molecule has 0 saturated heterocycles. The van der Waals surface area contributed by atoms with Crippen molar-refractivity contribution in [2.45, 2.75) is 25.1 Å². The second kappa shape index (κ2) is 5.19. The molecule has 0 spiro atoms. The van der Waals surface area contributed by atoms with E-state index in [1.54, 1.807) is 0 Å². The Morgan fingerprint density at radius 1 is 1.16 bits per heavy atom. The maximum atomic E-state index is 13.3. The summed E-state index contributed by atoms with van der Waals surface area (Å²) >= 11 is 0. The van der Waals surface area contributed by atoms with Crippen molar-refractivity contribution in [1.82, 2.24) is 4.98 Å². The van der Waals surface area contributed by atoms with Crippen LogP contribution in [0.4, 0.5) is 30.7 Å². The maximum Gasteiger partial charge on any atom is 0.434 e. The highest BCUT2D eigenvalue weighted by Crippen LogP contribution is 2.36. The summed E-state index contributed by atoms with van der Waals surface area (Å²) in [5, 5.41) is 8.63. The number of hydrogen-bond donors (Lipinski definition) is 1. The van der Waals surface area contributed by atoms with Crippen LogP contribution in [0.1, 0.15) is 5.56 Å². The molecule has 0 aliphatic heterocycles. The van der Waals surface area contributed by atoms with Crippen molar-refractivity contribution in [3.63, 3.8) is 0 Å². The Kier molecular flexibility index (Phi) is 4.23. The van der Waals surface area contributed by atoms with Gasteiger partial charge in [-0.3, -0.25) is 0 Å². The minimum Gasteiger partial charge on any atom is -0.453 e. The van der Waals surface area contributed by atoms with Crippen LogP contribution < -0.4 is 4.74 Å². The SMILES string of the molecule is OCc1ccnc(OC(C(F)(F)F)C(F)(F)F)c1F. The van der Waals surface area contributed by atoms with Crippen LogP contribution >= 0.6 is 0 Å². The average Bonchev–Trinajstić information content (AvgIpc) is 2.24. The number of nitrogens with zero attached hydrogens (tertiary/aromatic N) is 1. The fourth-order valence-electron chi connectivity index (χ4n) is 1.10. The molecular weight excluding hydrogens is 287 g/mol. The quantitative estimate of drug-likeness (QED) is 0.871. The zero-order chi connectivity index (χ0) is 14.8. The number of pyridine rings is 1. The minimum atomic E-state index is -5.78. The third kappa shape index (κ3) is 3.69. The molecule has 0 aliphatic rings. The smallest absolute Gasteiger partial charge is 0.434 e. The molecule has 0 bridgehead atoms. The number of rotatable bonds is 3. The predicted octanol–water partition coefficient (Wildman–Crippen LogP) is 2.59. The largest absolute Gasteiger partial charge is 0.453 e. The lowest BCUT2D eigenvalue weighted by Crippen LogP contribution is -2.46. The first-order chi connectivity index (χ1) is 8.57. The van der Waals surface area contributed by atoms with E-state index in [1.165, 1.54) is 0 Å². The highest BCUT2D eigenvalue weighted by atomic mass is 19.4. The topological polar surface area (TPSA) is 42.4 Å². The van der Waals surface area contributed by atoms with Crippen LogP contribution in [0.25, 0.3) is 0 Å². The Morgan fingerprint density at radius 2 is 1.68 bits per heavy atom. The number of ether oxygens (including phenoxy) is 1. The molecular formula is C9H6F7NO2. The molecule has 1 N–H and O–H groups in total. The van der Waals surface area contributed by atoms with Crippen LogP contribution in [0.3, 0.4) is 0 Å². The molecule has 0 amide bonds. The normalized spacial score (nSPS) is 12.9. The fraction of sp³-hybridized carbons (Fsp3) is 0.444. The standard InChI is InChI=1S/C9H6F7NO2/c10-5-4(3-18)1-2-17-6(5)19-7(8(11,12)13)9(14,15)16/h1-2,7,18H,3H2. The van der Waals surface area contributed by atoms with Gasteiger partial charge in [0.05, 0.1) is 6.61 Å². The highest BCUT2D eigenvalue weighted by Gasteiger charge is 2.59. The number of aliphatic hydroxyl groups excluding tert-OH is 1. The van der Waals surface area contributed by atoms with Crippen molar-refractivity contribution < 1.29 is 40.6 Å². The van der Waals surface area contributed by atoms with E-state index in [0.29, 0.717) is 6.20 Å². The number of hydrogen-bond acceptors (Lipinski definition) is 3. The lowest BCUT2D eigenvalue weighted by Gasteiger charge is -2.23. The van der Waals surface area contributed by atoms with Crippen molar-refractivity contribution in [2.75, 3.05) is 0 Å². The average molecular weight is 293 g/mol. The first-order valence-electron chi connectivity index (χ1n) is 4.61. The maximum absolute atomic E-state index is 13.3. The molecule has 0 atom stereocenters. The zero-order valence-corrected chi connectivity index (χ0v) is 8.89. The van der Waals surface area contributed by atoms with Gasteiger partial charge in [0.15, 0.2) is 5.82 Å². The van der Waals surface area contributed by atoms with Gasteiger partial charge in [0, 0.05) is 11.8 Å². The molecule has 1 rings (SSSR count). The Bertz CT molecular complexity index is 429. The van der Waals surface area contributed by atoms with E-state index in [9.17, 15) is 30.7 Å². The van der Waals surface area contributed by atoms with Crippen molar-refractivity contribution in [2.24, 2.45) is 0 Å². The molecule has 19 heavy (non-hydrogen) atoms. The Balaban J connectivity index is 3.11. The third-order valence-electron chi connectivity index (χ3n) is 1.93. The highest BCUT2D eigenvalue weighted by molar-refractivity contribution is 5.23. The lowest BCUT2D eigenvalue weighted by atomic mass is 10.2. The van der Waals surface area contributed by atoms with Crippen LogP contribution in [0.5, 0.6) is 5.88 Å². The summed E-state index contributed by atoms with van der Waals surface area (Å²) in [6.07, 6.45) is -15.0. The van der Waals surface area contributed by atoms with E-state index in [4.69, 9.17) is 5.11 Å². The van der Waals surface area contributed by atoms with Gasteiger partial charge in [-0.2, -0.15) is 26.3 Å². The Labute approximate surface area is 101 Å².